The van der Waals surface area contributed by atoms with Crippen LogP contribution < -0.4 is 10.9 Å². The number of hydrogen-bond acceptors (Lipinski definition) is 3. The van der Waals surface area contributed by atoms with Crippen LogP contribution in [-0.2, 0) is 0 Å². The van der Waals surface area contributed by atoms with Crippen LogP contribution in [0.4, 0.5) is 4.39 Å². The molecular weight excluding hydrogens is 303 g/mol. The highest BCUT2D eigenvalue weighted by Crippen LogP contribution is 2.37. The molecule has 0 fully saturated rings. The molecule has 2 heterocycles. The Hall–Kier alpha value is -2.08. The lowest BCUT2D eigenvalue weighted by Crippen LogP contribution is -2.34. The van der Waals surface area contributed by atoms with Gasteiger partial charge in [-0.15, -0.1) is 11.8 Å². The highest BCUT2D eigenvalue weighted by molar-refractivity contribution is 7.99. The second-order valence-corrected chi connectivity index (χ2v) is 6.31. The van der Waals surface area contributed by atoms with E-state index in [0.29, 0.717) is 17.0 Å². The number of aromatic amines is 1. The van der Waals surface area contributed by atoms with E-state index in [0.717, 1.165) is 11.3 Å². The predicted octanol–water partition coefficient (Wildman–Crippen LogP) is 2.79. The fourth-order valence-corrected chi connectivity index (χ4v) is 3.66. The molecule has 0 unspecified atom stereocenters. The topological polar surface area (TPSA) is 62.0 Å². The van der Waals surface area contributed by atoms with Gasteiger partial charge in [-0.25, -0.2) is 4.39 Å². The van der Waals surface area contributed by atoms with E-state index in [1.807, 2.05) is 6.07 Å². The fourth-order valence-electron chi connectivity index (χ4n) is 2.52. The minimum atomic E-state index is -0.437. The zero-order valence-corrected chi connectivity index (χ0v) is 12.8. The summed E-state index contributed by atoms with van der Waals surface area (Å²) in [5.41, 5.74) is 1.13. The highest BCUT2D eigenvalue weighted by Gasteiger charge is 2.25. The molecule has 0 spiro atoms. The number of carbonyl (C=O) groups is 1. The summed E-state index contributed by atoms with van der Waals surface area (Å²) < 4.78 is 13.8. The molecule has 4 nitrogen and oxygen atoms in total. The number of aromatic nitrogens is 1. The first-order valence-electron chi connectivity index (χ1n) is 6.98. The van der Waals surface area contributed by atoms with Gasteiger partial charge in [0.25, 0.3) is 11.5 Å². The number of H-pyrrole nitrogens is 1. The van der Waals surface area contributed by atoms with Crippen LogP contribution in [0.15, 0.2) is 40.0 Å². The van der Waals surface area contributed by atoms with Crippen LogP contribution in [0, 0.1) is 12.7 Å². The van der Waals surface area contributed by atoms with Crippen LogP contribution in [0.25, 0.3) is 0 Å². The van der Waals surface area contributed by atoms with Crippen LogP contribution in [0.2, 0.25) is 0 Å². The molecule has 2 N–H and O–H groups in total. The Morgan fingerprint density at radius 2 is 2.18 bits per heavy atom. The third kappa shape index (κ3) is 2.78. The van der Waals surface area contributed by atoms with E-state index in [2.05, 4.69) is 10.3 Å². The summed E-state index contributed by atoms with van der Waals surface area (Å²) in [7, 11) is 0. The van der Waals surface area contributed by atoms with Crippen LogP contribution in [-0.4, -0.2) is 16.6 Å². The van der Waals surface area contributed by atoms with E-state index in [1.54, 1.807) is 19.1 Å². The number of pyridine rings is 1. The predicted molar refractivity (Wildman–Crippen MR) is 83.7 cm³/mol. The Labute approximate surface area is 131 Å². The average Bonchev–Trinajstić information content (AvgIpc) is 2.48. The van der Waals surface area contributed by atoms with Crippen molar-refractivity contribution in [3.05, 3.63) is 63.3 Å². The molecule has 0 aliphatic carbocycles. The molecule has 1 aliphatic rings. The second kappa shape index (κ2) is 5.96. The third-order valence-electron chi connectivity index (χ3n) is 3.63. The third-order valence-corrected chi connectivity index (χ3v) is 4.79. The van der Waals surface area contributed by atoms with Gasteiger partial charge in [-0.1, -0.05) is 12.1 Å². The van der Waals surface area contributed by atoms with Gasteiger partial charge in [0.2, 0.25) is 0 Å². The largest absolute Gasteiger partial charge is 0.345 e. The Bertz CT molecular complexity index is 788. The number of rotatable bonds is 2. The zero-order chi connectivity index (χ0) is 15.7. The molecule has 22 heavy (non-hydrogen) atoms. The second-order valence-electron chi connectivity index (χ2n) is 5.21. The molecule has 1 aromatic heterocycles. The van der Waals surface area contributed by atoms with Gasteiger partial charge in [0, 0.05) is 16.3 Å². The maximum Gasteiger partial charge on any atom is 0.260 e. The van der Waals surface area contributed by atoms with E-state index < -0.39 is 11.5 Å². The summed E-state index contributed by atoms with van der Waals surface area (Å²) in [6.45, 7) is 1.75. The Morgan fingerprint density at radius 1 is 1.36 bits per heavy atom. The maximum atomic E-state index is 13.8. The van der Waals surface area contributed by atoms with Gasteiger partial charge in [-0.3, -0.25) is 9.59 Å². The number of amides is 1. The standard InChI is InChI=1S/C16H15FN2O2S/c1-9-5-6-11(15(20)18-9)16(21)19-13-7-8-22-14-10(13)3-2-4-12(14)17/h2-6,13H,7-8H2,1H3,(H,18,20)(H,19,21)/t13-/m0/s1. The summed E-state index contributed by atoms with van der Waals surface area (Å²) in [6.07, 6.45) is 0.705. The van der Waals surface area contributed by atoms with Gasteiger partial charge in [-0.05, 0) is 37.1 Å². The maximum absolute atomic E-state index is 13.8. The van der Waals surface area contributed by atoms with E-state index in [4.69, 9.17) is 0 Å². The number of thioether (sulfide) groups is 1. The first-order valence-corrected chi connectivity index (χ1v) is 7.97. The van der Waals surface area contributed by atoms with Crippen LogP contribution in [0.1, 0.15) is 34.1 Å². The van der Waals surface area contributed by atoms with Crippen molar-refractivity contribution in [1.29, 1.82) is 0 Å². The molecule has 1 aromatic carbocycles. The smallest absolute Gasteiger partial charge is 0.260 e. The number of hydrogen-bond donors (Lipinski definition) is 2. The average molecular weight is 318 g/mol. The lowest BCUT2D eigenvalue weighted by molar-refractivity contribution is 0.0933. The summed E-state index contributed by atoms with van der Waals surface area (Å²) in [6, 6.07) is 7.78. The monoisotopic (exact) mass is 318 g/mol. The normalized spacial score (nSPS) is 16.9. The molecular formula is C16H15FN2O2S. The molecule has 1 amide bonds. The number of fused-ring (bicyclic) bond motifs is 1. The van der Waals surface area contributed by atoms with E-state index in [1.165, 1.54) is 23.9 Å². The quantitative estimate of drug-likeness (QED) is 0.895. The van der Waals surface area contributed by atoms with Gasteiger partial charge in [0.1, 0.15) is 11.4 Å². The molecule has 114 valence electrons. The van der Waals surface area contributed by atoms with E-state index >= 15 is 0 Å². The van der Waals surface area contributed by atoms with E-state index in [-0.39, 0.29) is 17.4 Å². The van der Waals surface area contributed by atoms with Crippen LogP contribution >= 0.6 is 11.8 Å². The van der Waals surface area contributed by atoms with Crippen LogP contribution in [0.5, 0.6) is 0 Å². The lowest BCUT2D eigenvalue weighted by Gasteiger charge is -2.26. The van der Waals surface area contributed by atoms with Crippen molar-refractivity contribution in [2.75, 3.05) is 5.75 Å². The molecule has 0 saturated carbocycles. The summed E-state index contributed by atoms with van der Waals surface area (Å²) >= 11 is 1.45. The number of benzene rings is 1. The van der Waals surface area contributed by atoms with Crippen molar-refractivity contribution in [2.24, 2.45) is 0 Å². The van der Waals surface area contributed by atoms with E-state index in [9.17, 15) is 14.0 Å². The first-order chi connectivity index (χ1) is 10.6. The minimum Gasteiger partial charge on any atom is -0.345 e. The summed E-state index contributed by atoms with van der Waals surface area (Å²) in [4.78, 5) is 27.3. The van der Waals surface area contributed by atoms with Gasteiger partial charge >= 0.3 is 0 Å². The Morgan fingerprint density at radius 3 is 2.95 bits per heavy atom. The summed E-state index contributed by atoms with van der Waals surface area (Å²) in [5.74, 6) is 0.0198. The van der Waals surface area contributed by atoms with Gasteiger partial charge in [0.05, 0.1) is 6.04 Å². The van der Waals surface area contributed by atoms with Gasteiger partial charge in [0.15, 0.2) is 0 Å². The summed E-state index contributed by atoms with van der Waals surface area (Å²) in [5, 5.41) is 2.84. The van der Waals surface area contributed by atoms with Gasteiger partial charge in [-0.2, -0.15) is 0 Å². The highest BCUT2D eigenvalue weighted by atomic mass is 32.2. The molecule has 2 aromatic rings. The Balaban J connectivity index is 1.87. The van der Waals surface area contributed by atoms with Gasteiger partial charge < -0.3 is 10.3 Å². The fraction of sp³-hybridized carbons (Fsp3) is 0.250. The molecule has 0 saturated heterocycles. The lowest BCUT2D eigenvalue weighted by atomic mass is 10.0. The molecule has 1 aliphatic heterocycles. The molecule has 0 radical (unpaired) electrons. The van der Waals surface area contributed by atoms with Crippen molar-refractivity contribution in [2.45, 2.75) is 24.3 Å². The zero-order valence-electron chi connectivity index (χ0n) is 12.0. The van der Waals surface area contributed by atoms with Crippen molar-refractivity contribution in [1.82, 2.24) is 10.3 Å². The van der Waals surface area contributed by atoms with Crippen molar-refractivity contribution in [3.63, 3.8) is 0 Å². The number of nitrogens with one attached hydrogen (secondary N) is 2. The minimum absolute atomic E-state index is 0.0711. The molecule has 3 rings (SSSR count). The van der Waals surface area contributed by atoms with Crippen LogP contribution in [0.3, 0.4) is 0 Å². The molecule has 1 atom stereocenters. The van der Waals surface area contributed by atoms with Crippen molar-refractivity contribution >= 4 is 17.7 Å². The molecule has 0 bridgehead atoms. The van der Waals surface area contributed by atoms with Crippen molar-refractivity contribution < 1.29 is 9.18 Å². The number of halogens is 1. The molecule has 6 heteroatoms. The van der Waals surface area contributed by atoms with Crippen molar-refractivity contribution in [3.8, 4) is 0 Å². The Kier molecular flexibility index (Phi) is 4.02. The number of carbonyl (C=O) groups excluding carboxylic acids is 1. The first kappa shape index (κ1) is 14.8. The number of aryl methyl sites for hydroxylation is 1. The SMILES string of the molecule is Cc1ccc(C(=O)N[C@H]2CCSc3c(F)cccc32)c(=O)[nH]1.